The van der Waals surface area contributed by atoms with E-state index in [1.165, 1.54) is 11.1 Å². The van der Waals surface area contributed by atoms with Gasteiger partial charge in [-0.3, -0.25) is 4.79 Å². The molecule has 0 radical (unpaired) electrons. The van der Waals surface area contributed by atoms with Crippen molar-refractivity contribution in [1.29, 1.82) is 0 Å². The molecule has 2 aliphatic rings. The smallest absolute Gasteiger partial charge is 0.305 e. The molecular formula is C43H87NO10. The highest BCUT2D eigenvalue weighted by Gasteiger charge is 2.46. The van der Waals surface area contributed by atoms with Crippen LogP contribution < -0.4 is 0 Å². The lowest BCUT2D eigenvalue weighted by atomic mass is 9.79. The van der Waals surface area contributed by atoms with E-state index in [-0.39, 0.29) is 30.2 Å². The molecule has 13 atom stereocenters. The number of aliphatic hydroxyl groups excluding tert-OH is 3. The van der Waals surface area contributed by atoms with Gasteiger partial charge in [-0.25, -0.2) is 0 Å². The Hall–Kier alpha value is -1.15. The number of esters is 1. The van der Waals surface area contributed by atoms with E-state index < -0.39 is 36.0 Å². The van der Waals surface area contributed by atoms with Crippen molar-refractivity contribution in [3.63, 3.8) is 0 Å². The van der Waals surface area contributed by atoms with Crippen LogP contribution in [0, 0.1) is 17.8 Å². The van der Waals surface area contributed by atoms with Crippen LogP contribution in [0.2, 0.25) is 0 Å². The molecule has 0 aromatic heterocycles. The Morgan fingerprint density at radius 1 is 1.02 bits per heavy atom. The van der Waals surface area contributed by atoms with Gasteiger partial charge in [0.15, 0.2) is 12.6 Å². The fourth-order valence-corrected chi connectivity index (χ4v) is 7.58. The molecule has 2 aliphatic heterocycles. The van der Waals surface area contributed by atoms with Crippen LogP contribution in [0.3, 0.4) is 0 Å². The SMILES string of the molecule is CC.CC1CC(N(C)C)CC(O)O1.CCC(=O)OC(CC)[C@@](C)(O)CC(C)C(CCC(C)CC(C)C(C)OC1C[C@@](C)(OC)C(O)[C@H](C)O1)=C(C)C.CO. The van der Waals surface area contributed by atoms with E-state index in [1.54, 1.807) is 21.0 Å². The molecule has 0 saturated carbocycles. The molecule has 2 saturated heterocycles. The summed E-state index contributed by atoms with van der Waals surface area (Å²) in [7, 11) is 6.70. The van der Waals surface area contributed by atoms with E-state index in [4.69, 9.17) is 28.8 Å². The Morgan fingerprint density at radius 2 is 1.59 bits per heavy atom. The summed E-state index contributed by atoms with van der Waals surface area (Å²) in [5.74, 6) is 0.751. The van der Waals surface area contributed by atoms with Crippen molar-refractivity contribution in [2.24, 2.45) is 17.8 Å². The number of ether oxygens (including phenoxy) is 5. The molecule has 0 aromatic carbocycles. The zero-order valence-corrected chi connectivity index (χ0v) is 37.9. The van der Waals surface area contributed by atoms with Crippen molar-refractivity contribution in [2.75, 3.05) is 28.3 Å². The lowest BCUT2D eigenvalue weighted by Crippen LogP contribution is -2.56. The minimum Gasteiger partial charge on any atom is -0.459 e. The Kier molecular flexibility index (Phi) is 28.0. The molecule has 0 aliphatic carbocycles. The minimum absolute atomic E-state index is 0.00903. The second-order valence-electron chi connectivity index (χ2n) is 16.4. The van der Waals surface area contributed by atoms with Crippen molar-refractivity contribution in [1.82, 2.24) is 4.90 Å². The van der Waals surface area contributed by atoms with Crippen LogP contribution in [0.15, 0.2) is 11.1 Å². The maximum absolute atomic E-state index is 11.9. The van der Waals surface area contributed by atoms with E-state index in [2.05, 4.69) is 46.4 Å². The summed E-state index contributed by atoms with van der Waals surface area (Å²) < 4.78 is 28.6. The normalized spacial score (nSPS) is 29.2. The number of carbonyl (C=O) groups is 1. The van der Waals surface area contributed by atoms with Gasteiger partial charge in [-0.15, -0.1) is 0 Å². The summed E-state index contributed by atoms with van der Waals surface area (Å²) in [4.78, 5) is 14.0. The van der Waals surface area contributed by atoms with E-state index in [0.29, 0.717) is 43.6 Å². The molecule has 2 heterocycles. The molecule has 2 rings (SSSR count). The highest BCUT2D eigenvalue weighted by molar-refractivity contribution is 5.69. The molecule has 54 heavy (non-hydrogen) atoms. The van der Waals surface area contributed by atoms with Crippen LogP contribution in [0.1, 0.15) is 155 Å². The lowest BCUT2D eigenvalue weighted by molar-refractivity contribution is -0.290. The van der Waals surface area contributed by atoms with E-state index >= 15 is 0 Å². The molecule has 4 N–H and O–H groups in total. The van der Waals surface area contributed by atoms with Gasteiger partial charge in [0.05, 0.1) is 29.5 Å². The number of nitrogens with zero attached hydrogens (tertiary/aromatic N) is 1. The van der Waals surface area contributed by atoms with Gasteiger partial charge >= 0.3 is 5.97 Å². The van der Waals surface area contributed by atoms with Gasteiger partial charge in [-0.1, -0.05) is 59.6 Å². The highest BCUT2D eigenvalue weighted by Crippen LogP contribution is 2.36. The third-order valence-corrected chi connectivity index (χ3v) is 11.1. The second kappa shape index (κ2) is 27.5. The summed E-state index contributed by atoms with van der Waals surface area (Å²) in [5.41, 5.74) is 0.897. The molecule has 11 nitrogen and oxygen atoms in total. The minimum atomic E-state index is -1.08. The van der Waals surface area contributed by atoms with Crippen LogP contribution in [0.25, 0.3) is 0 Å². The Bertz CT molecular complexity index is 1010. The average Bonchev–Trinajstić information content (AvgIpc) is 3.10. The van der Waals surface area contributed by atoms with Crippen LogP contribution in [0.5, 0.6) is 0 Å². The van der Waals surface area contributed by atoms with Crippen LogP contribution in [-0.2, 0) is 28.5 Å². The molecule has 0 spiro atoms. The van der Waals surface area contributed by atoms with Crippen molar-refractivity contribution in [3.05, 3.63) is 11.1 Å². The number of allylic oxidation sites excluding steroid dienone is 2. The zero-order valence-electron chi connectivity index (χ0n) is 37.9. The largest absolute Gasteiger partial charge is 0.459 e. The maximum Gasteiger partial charge on any atom is 0.305 e. The van der Waals surface area contributed by atoms with Crippen molar-refractivity contribution < 1.29 is 48.9 Å². The van der Waals surface area contributed by atoms with E-state index in [1.807, 2.05) is 55.6 Å². The summed E-state index contributed by atoms with van der Waals surface area (Å²) in [6, 6.07) is 0.466. The Morgan fingerprint density at radius 3 is 2.06 bits per heavy atom. The molecular weight excluding hydrogens is 690 g/mol. The first kappa shape index (κ1) is 54.9. The summed E-state index contributed by atoms with van der Waals surface area (Å²) >= 11 is 0. The quantitative estimate of drug-likeness (QED) is 0.0853. The van der Waals surface area contributed by atoms with E-state index in [0.717, 1.165) is 39.2 Å². The molecule has 0 aromatic rings. The van der Waals surface area contributed by atoms with E-state index in [9.17, 15) is 20.1 Å². The van der Waals surface area contributed by atoms with Crippen LogP contribution in [-0.4, -0.2) is 120 Å². The lowest BCUT2D eigenvalue weighted by Gasteiger charge is -2.45. The number of hydrogen-bond donors (Lipinski definition) is 4. The van der Waals surface area contributed by atoms with Gasteiger partial charge in [0.2, 0.25) is 0 Å². The maximum atomic E-state index is 11.9. The van der Waals surface area contributed by atoms with Crippen LogP contribution >= 0.6 is 0 Å². The number of carbonyl (C=O) groups excluding carboxylic acids is 1. The molecule has 0 bridgehead atoms. The van der Waals surface area contributed by atoms with Gasteiger partial charge in [0.1, 0.15) is 12.2 Å². The topological polar surface area (TPSA) is 147 Å². The van der Waals surface area contributed by atoms with Gasteiger partial charge < -0.3 is 49.0 Å². The van der Waals surface area contributed by atoms with Gasteiger partial charge in [0.25, 0.3) is 0 Å². The van der Waals surface area contributed by atoms with Crippen LogP contribution in [0.4, 0.5) is 0 Å². The summed E-state index contributed by atoms with van der Waals surface area (Å²) in [6.07, 6.45) is 4.41. The average molecular weight is 778 g/mol. The standard InChI is InChI=1S/C32H60O7.C8H17NO2.C2H6.CH4O/c1-13-27(39-28(33)14-2)31(10,35)18-23(7)26(20(3)4)16-15-21(5)17-22(6)24(8)37-29-19-32(11,36-12)30(34)25(9)38-29;1-6-4-7(9(2)3)5-8(10)11-6;2*1-2/h21-25,27,29-30,34-35H,13-19H2,1-12H3;6-8,10H,4-5H2,1-3H3;1-2H3;2H,1H3/t21?,22?,23?,24?,25-,27?,29?,30?,31-,32+;;;/m0.../s1. The monoisotopic (exact) mass is 778 g/mol. The number of rotatable bonds is 17. The third-order valence-electron chi connectivity index (χ3n) is 11.1. The predicted molar refractivity (Wildman–Crippen MR) is 219 cm³/mol. The van der Waals surface area contributed by atoms with Crippen molar-refractivity contribution >= 4 is 5.97 Å². The fraction of sp³-hybridized carbons (Fsp3) is 0.930. The number of methoxy groups -OCH3 is 1. The second-order valence-corrected chi connectivity index (χ2v) is 16.4. The predicted octanol–water partition coefficient (Wildman–Crippen LogP) is 7.65. The first-order chi connectivity index (χ1) is 25.1. The Labute approximate surface area is 331 Å². The zero-order chi connectivity index (χ0) is 42.6. The fourth-order valence-electron chi connectivity index (χ4n) is 7.58. The molecule has 324 valence electrons. The highest BCUT2D eigenvalue weighted by atomic mass is 16.7. The molecule has 10 unspecified atom stereocenters. The summed E-state index contributed by atoms with van der Waals surface area (Å²) in [5, 5.41) is 38.0. The van der Waals surface area contributed by atoms with Crippen molar-refractivity contribution in [2.45, 2.75) is 215 Å². The first-order valence-electron chi connectivity index (χ1n) is 20.7. The Balaban J connectivity index is 0. The third kappa shape index (κ3) is 19.3. The molecule has 2 fully saturated rings. The first-order valence-corrected chi connectivity index (χ1v) is 20.7. The number of aliphatic hydroxyl groups is 4. The van der Waals surface area contributed by atoms with Gasteiger partial charge in [-0.05, 0) is 119 Å². The molecule has 11 heteroatoms. The molecule has 0 amide bonds. The van der Waals surface area contributed by atoms with Crippen molar-refractivity contribution in [3.8, 4) is 0 Å². The summed E-state index contributed by atoms with van der Waals surface area (Å²) in [6.45, 7) is 28.4. The van der Waals surface area contributed by atoms with Gasteiger partial charge in [-0.2, -0.15) is 0 Å². The number of hydrogen-bond acceptors (Lipinski definition) is 11. The van der Waals surface area contributed by atoms with Gasteiger partial charge in [0, 0.05) is 39.5 Å².